The zero-order chi connectivity index (χ0) is 46.8. The minimum absolute atomic E-state index is 0.0437. The van der Waals surface area contributed by atoms with Crippen molar-refractivity contribution in [1.82, 2.24) is 46.8 Å². The van der Waals surface area contributed by atoms with Crippen LogP contribution >= 0.6 is 0 Å². The molecule has 22 nitrogen and oxygen atoms in total. The van der Waals surface area contributed by atoms with Crippen LogP contribution in [0.15, 0.2) is 12.5 Å². The van der Waals surface area contributed by atoms with Crippen LogP contribution in [-0.4, -0.2) is 145 Å². The second kappa shape index (κ2) is 25.3. The molecule has 1 aliphatic rings. The molecule has 2 rings (SSSR count). The van der Waals surface area contributed by atoms with Crippen LogP contribution in [0.1, 0.15) is 99.1 Å². The van der Waals surface area contributed by atoms with Gasteiger partial charge in [-0.1, -0.05) is 54.4 Å². The average Bonchev–Trinajstić information content (AvgIpc) is 3.93. The Kier molecular flexibility index (Phi) is 21.5. The van der Waals surface area contributed by atoms with Crippen molar-refractivity contribution in [3.63, 3.8) is 0 Å². The molecule has 1 aromatic rings. The highest BCUT2D eigenvalue weighted by molar-refractivity contribution is 5.97. The first-order chi connectivity index (χ1) is 29.1. The smallest absolute Gasteiger partial charge is 0.326 e. The van der Waals surface area contributed by atoms with Gasteiger partial charge in [-0.25, -0.2) is 9.78 Å². The highest BCUT2D eigenvalue weighted by atomic mass is 16.4. The summed E-state index contributed by atoms with van der Waals surface area (Å²) in [6.45, 7) is 11.4. The van der Waals surface area contributed by atoms with Gasteiger partial charge < -0.3 is 62.8 Å². The van der Waals surface area contributed by atoms with E-state index in [4.69, 9.17) is 10.8 Å². The number of carboxylic acids is 2. The van der Waals surface area contributed by atoms with Crippen LogP contribution < -0.4 is 37.6 Å². The van der Waals surface area contributed by atoms with E-state index in [1.165, 1.54) is 24.3 Å². The number of aliphatic carboxylic acids is 2. The van der Waals surface area contributed by atoms with Crippen molar-refractivity contribution in [2.75, 3.05) is 13.1 Å². The van der Waals surface area contributed by atoms with Crippen molar-refractivity contribution in [2.45, 2.75) is 148 Å². The number of nitrogens with zero attached hydrogens (tertiary/aromatic N) is 2. The molecule has 10 atom stereocenters. The molecule has 1 fully saturated rings. The lowest BCUT2D eigenvalue weighted by Crippen LogP contribution is -2.62. The molecule has 0 aliphatic carbocycles. The number of nitrogens with two attached hydrogens (primary N) is 1. The fraction of sp³-hybridized carbons (Fsp3) is 0.700. The molecule has 0 spiro atoms. The summed E-state index contributed by atoms with van der Waals surface area (Å²) in [6.07, 6.45) is 2.37. The van der Waals surface area contributed by atoms with E-state index in [0.29, 0.717) is 25.0 Å². The lowest BCUT2D eigenvalue weighted by molar-refractivity contribution is -0.143. The highest BCUT2D eigenvalue weighted by Crippen LogP contribution is 2.21. The Morgan fingerprint density at radius 3 is 2.02 bits per heavy atom. The number of aliphatic hydroxyl groups excluding tert-OH is 1. The zero-order valence-corrected chi connectivity index (χ0v) is 36.6. The molecule has 22 heteroatoms. The van der Waals surface area contributed by atoms with E-state index >= 15 is 0 Å². The molecule has 0 radical (unpaired) electrons. The molecule has 62 heavy (non-hydrogen) atoms. The van der Waals surface area contributed by atoms with Gasteiger partial charge in [0.15, 0.2) is 0 Å². The SMILES string of the molecule is CC[C@H](C)[C@H](N)C(=O)N[C@@H](Cc1cnc[nH]1)C(=O)N1CCC[C@H]1C(=O)N[C@@H](CC(C)C)C(=O)N[C@H](C(=O)N[C@H](C(=O)NCC(=O)N[C@@H](CCC(=O)O)C(=O)O)[C@@H](C)CC)[C@@H](C)O. The van der Waals surface area contributed by atoms with E-state index < -0.39 is 127 Å². The summed E-state index contributed by atoms with van der Waals surface area (Å²) in [5.41, 5.74) is 6.73. The van der Waals surface area contributed by atoms with Gasteiger partial charge >= 0.3 is 11.9 Å². The third-order valence-corrected chi connectivity index (χ3v) is 10.9. The van der Waals surface area contributed by atoms with Gasteiger partial charge in [-0.2, -0.15) is 0 Å². The number of hydrogen-bond acceptors (Lipinski definition) is 12. The van der Waals surface area contributed by atoms with E-state index in [1.54, 1.807) is 27.7 Å². The topological polar surface area (TPSA) is 344 Å². The van der Waals surface area contributed by atoms with Crippen LogP contribution in [-0.2, 0) is 49.6 Å². The van der Waals surface area contributed by atoms with E-state index in [0.717, 1.165) is 0 Å². The number of nitrogens with one attached hydrogen (secondary N) is 7. The minimum Gasteiger partial charge on any atom is -0.481 e. The second-order valence-corrected chi connectivity index (χ2v) is 16.3. The van der Waals surface area contributed by atoms with E-state index in [9.17, 15) is 53.4 Å². The van der Waals surface area contributed by atoms with Crippen LogP contribution in [0.25, 0.3) is 0 Å². The largest absolute Gasteiger partial charge is 0.481 e. The Morgan fingerprint density at radius 2 is 1.47 bits per heavy atom. The molecule has 7 amide bonds. The Balaban J connectivity index is 2.22. The fourth-order valence-corrected chi connectivity index (χ4v) is 6.72. The van der Waals surface area contributed by atoms with Gasteiger partial charge in [-0.3, -0.25) is 38.4 Å². The monoisotopic (exact) mass is 878 g/mol. The van der Waals surface area contributed by atoms with Crippen LogP contribution in [0.4, 0.5) is 0 Å². The molecule has 2 heterocycles. The maximum absolute atomic E-state index is 14.1. The molecule has 0 aromatic carbocycles. The van der Waals surface area contributed by atoms with Crippen LogP contribution in [0.3, 0.4) is 0 Å². The number of hydrogen-bond donors (Lipinski definition) is 11. The molecular formula is C40H66N10O12. The molecule has 1 saturated heterocycles. The van der Waals surface area contributed by atoms with Gasteiger partial charge in [0.2, 0.25) is 41.4 Å². The van der Waals surface area contributed by atoms with Crippen molar-refractivity contribution in [1.29, 1.82) is 0 Å². The quantitative estimate of drug-likeness (QED) is 0.0494. The summed E-state index contributed by atoms with van der Waals surface area (Å²) in [7, 11) is 0. The normalized spacial score (nSPS) is 18.1. The van der Waals surface area contributed by atoms with Gasteiger partial charge in [0.25, 0.3) is 0 Å². The van der Waals surface area contributed by atoms with Gasteiger partial charge in [0.05, 0.1) is 25.0 Å². The number of aromatic nitrogens is 2. The Morgan fingerprint density at radius 1 is 0.823 bits per heavy atom. The second-order valence-electron chi connectivity index (χ2n) is 16.3. The third kappa shape index (κ3) is 16.3. The number of carbonyl (C=O) groups is 9. The number of carboxylic acid groups (broad SMARTS) is 2. The van der Waals surface area contributed by atoms with Crippen molar-refractivity contribution in [2.24, 2.45) is 23.5 Å². The first-order valence-corrected chi connectivity index (χ1v) is 21.1. The summed E-state index contributed by atoms with van der Waals surface area (Å²) < 4.78 is 0. The summed E-state index contributed by atoms with van der Waals surface area (Å²) in [5, 5.41) is 43.8. The Labute approximate surface area is 361 Å². The summed E-state index contributed by atoms with van der Waals surface area (Å²) in [4.78, 5) is 125. The van der Waals surface area contributed by atoms with Gasteiger partial charge in [0.1, 0.15) is 36.3 Å². The number of H-pyrrole nitrogens is 1. The zero-order valence-electron chi connectivity index (χ0n) is 36.6. The van der Waals surface area contributed by atoms with Gasteiger partial charge in [0, 0.05) is 31.3 Å². The molecule has 0 saturated carbocycles. The van der Waals surface area contributed by atoms with Gasteiger partial charge in [-0.15, -0.1) is 0 Å². The van der Waals surface area contributed by atoms with Crippen molar-refractivity contribution >= 4 is 53.3 Å². The van der Waals surface area contributed by atoms with Gasteiger partial charge in [-0.05, 0) is 50.4 Å². The number of likely N-dealkylation sites (tertiary alicyclic amines) is 1. The van der Waals surface area contributed by atoms with Crippen molar-refractivity contribution in [3.05, 3.63) is 18.2 Å². The van der Waals surface area contributed by atoms with Crippen LogP contribution in [0.5, 0.6) is 0 Å². The van der Waals surface area contributed by atoms with E-state index in [2.05, 4.69) is 41.9 Å². The summed E-state index contributed by atoms with van der Waals surface area (Å²) in [6, 6.07) is -8.66. The lowest BCUT2D eigenvalue weighted by Gasteiger charge is -2.31. The number of carbonyl (C=O) groups excluding carboxylic acids is 7. The summed E-state index contributed by atoms with van der Waals surface area (Å²) in [5.74, 6) is -8.84. The molecule has 0 bridgehead atoms. The van der Waals surface area contributed by atoms with Crippen LogP contribution in [0.2, 0.25) is 0 Å². The first-order valence-electron chi connectivity index (χ1n) is 21.1. The molecule has 0 unspecified atom stereocenters. The Bertz CT molecular complexity index is 1710. The molecule has 1 aromatic heterocycles. The highest BCUT2D eigenvalue weighted by Gasteiger charge is 2.41. The first kappa shape index (κ1) is 52.5. The molecule has 348 valence electrons. The molecule has 12 N–H and O–H groups in total. The predicted octanol–water partition coefficient (Wildman–Crippen LogP) is -1.72. The maximum Gasteiger partial charge on any atom is 0.326 e. The van der Waals surface area contributed by atoms with Crippen molar-refractivity contribution in [3.8, 4) is 0 Å². The van der Waals surface area contributed by atoms with E-state index in [-0.39, 0.29) is 37.6 Å². The minimum atomic E-state index is -1.62. The standard InChI is InChI=1S/C40H66N10O12/c1-8-21(5)31(41)36(57)47-27(16-24-17-42-19-44-24)39(60)50-14-10-11-28(50)35(56)46-26(15-20(3)4)34(55)49-33(23(7)51)38(59)48-32(22(6)9-2)37(58)43-18-29(52)45-25(40(61)62)12-13-30(53)54/h17,19-23,25-28,31-33,51H,8-16,18,41H2,1-7H3,(H,42,44)(H,43,58)(H,45,52)(H,46,56)(H,47,57)(H,48,59)(H,49,55)(H,53,54)(H,61,62)/t21-,22-,23+,25-,26-,27-,28-,31-,32-,33-/m0/s1. The van der Waals surface area contributed by atoms with Crippen LogP contribution in [0, 0.1) is 17.8 Å². The number of rotatable bonds is 26. The number of amides is 7. The molecule has 1 aliphatic heterocycles. The summed E-state index contributed by atoms with van der Waals surface area (Å²) >= 11 is 0. The third-order valence-electron chi connectivity index (χ3n) is 10.9. The van der Waals surface area contributed by atoms with E-state index in [1.807, 2.05) is 13.8 Å². The predicted molar refractivity (Wildman–Crippen MR) is 222 cm³/mol. The Hall–Kier alpha value is -5.64. The lowest BCUT2D eigenvalue weighted by atomic mass is 9.97. The number of aliphatic hydroxyl groups is 1. The maximum atomic E-state index is 14.1. The van der Waals surface area contributed by atoms with Crippen molar-refractivity contribution < 1.29 is 58.5 Å². The molecular weight excluding hydrogens is 812 g/mol. The number of imidazole rings is 1. The number of aromatic amines is 1. The average molecular weight is 879 g/mol. The fourth-order valence-electron chi connectivity index (χ4n) is 6.72.